The molecule has 9 heteroatoms. The van der Waals surface area contributed by atoms with E-state index in [1.165, 1.54) is 12.1 Å². The lowest BCUT2D eigenvalue weighted by atomic mass is 10.1. The SMILES string of the molecule is Cc1ccc([N+](=O)[O-])cc1C(=O)Nc1cc(C(=O)O)[nH]n1. The van der Waals surface area contributed by atoms with Crippen LogP contribution in [0.1, 0.15) is 26.4 Å². The second-order valence-electron chi connectivity index (χ2n) is 4.18. The van der Waals surface area contributed by atoms with Crippen LogP contribution >= 0.6 is 0 Å². The molecule has 0 aliphatic heterocycles. The van der Waals surface area contributed by atoms with Crippen LogP contribution in [0.2, 0.25) is 0 Å². The molecule has 1 amide bonds. The number of aromatic carboxylic acids is 1. The summed E-state index contributed by atoms with van der Waals surface area (Å²) in [7, 11) is 0. The van der Waals surface area contributed by atoms with Gasteiger partial charge in [-0.15, -0.1) is 0 Å². The molecule has 0 unspecified atom stereocenters. The van der Waals surface area contributed by atoms with Gasteiger partial charge in [0.1, 0.15) is 5.69 Å². The van der Waals surface area contributed by atoms with E-state index in [9.17, 15) is 19.7 Å². The summed E-state index contributed by atoms with van der Waals surface area (Å²) in [6, 6.07) is 5.05. The van der Waals surface area contributed by atoms with Crippen LogP contribution in [0.4, 0.5) is 11.5 Å². The Labute approximate surface area is 117 Å². The number of carbonyl (C=O) groups excluding carboxylic acids is 1. The molecule has 0 radical (unpaired) electrons. The number of aromatic nitrogens is 2. The first-order valence-corrected chi connectivity index (χ1v) is 5.73. The third-order valence-electron chi connectivity index (χ3n) is 2.73. The molecule has 0 saturated carbocycles. The molecule has 3 N–H and O–H groups in total. The van der Waals surface area contributed by atoms with E-state index >= 15 is 0 Å². The lowest BCUT2D eigenvalue weighted by Gasteiger charge is -2.05. The lowest BCUT2D eigenvalue weighted by Crippen LogP contribution is -2.14. The Morgan fingerprint density at radius 1 is 1.38 bits per heavy atom. The highest BCUT2D eigenvalue weighted by atomic mass is 16.6. The number of nitrogens with one attached hydrogen (secondary N) is 2. The fourth-order valence-electron chi connectivity index (χ4n) is 1.65. The summed E-state index contributed by atoms with van der Waals surface area (Å²) in [5, 5.41) is 27.7. The molecule has 0 atom stereocenters. The van der Waals surface area contributed by atoms with E-state index in [1.54, 1.807) is 6.92 Å². The summed E-state index contributed by atoms with van der Waals surface area (Å²) >= 11 is 0. The summed E-state index contributed by atoms with van der Waals surface area (Å²) in [6.45, 7) is 1.63. The minimum absolute atomic E-state index is 0.0170. The van der Waals surface area contributed by atoms with Crippen LogP contribution in [0.25, 0.3) is 0 Å². The zero-order valence-electron chi connectivity index (χ0n) is 10.8. The van der Waals surface area contributed by atoms with Crippen molar-refractivity contribution in [2.24, 2.45) is 0 Å². The third-order valence-corrected chi connectivity index (χ3v) is 2.73. The molecule has 1 aromatic carbocycles. The van der Waals surface area contributed by atoms with Gasteiger partial charge in [-0.3, -0.25) is 20.0 Å². The van der Waals surface area contributed by atoms with Gasteiger partial charge in [-0.1, -0.05) is 6.07 Å². The van der Waals surface area contributed by atoms with Gasteiger partial charge in [-0.05, 0) is 12.5 Å². The molecule has 2 rings (SSSR count). The molecular weight excluding hydrogens is 280 g/mol. The second-order valence-corrected chi connectivity index (χ2v) is 4.18. The van der Waals surface area contributed by atoms with Gasteiger partial charge >= 0.3 is 5.97 Å². The van der Waals surface area contributed by atoms with Gasteiger partial charge in [-0.25, -0.2) is 4.79 Å². The number of rotatable bonds is 4. The first-order valence-electron chi connectivity index (χ1n) is 5.73. The van der Waals surface area contributed by atoms with E-state index in [4.69, 9.17) is 5.11 Å². The average Bonchev–Trinajstić information content (AvgIpc) is 2.87. The van der Waals surface area contributed by atoms with Gasteiger partial charge in [0.25, 0.3) is 11.6 Å². The minimum atomic E-state index is -1.21. The van der Waals surface area contributed by atoms with E-state index in [1.807, 2.05) is 0 Å². The maximum Gasteiger partial charge on any atom is 0.353 e. The first kappa shape index (κ1) is 14.2. The van der Waals surface area contributed by atoms with Crippen molar-refractivity contribution in [2.45, 2.75) is 6.92 Å². The quantitative estimate of drug-likeness (QED) is 0.577. The summed E-state index contributed by atoms with van der Waals surface area (Å²) in [5.41, 5.74) is 0.274. The summed E-state index contributed by atoms with van der Waals surface area (Å²) < 4.78 is 0. The van der Waals surface area contributed by atoms with Crippen LogP contribution in [0.15, 0.2) is 24.3 Å². The zero-order chi connectivity index (χ0) is 15.6. The number of carboxylic acids is 1. The molecule has 0 saturated heterocycles. The molecule has 0 fully saturated rings. The highest BCUT2D eigenvalue weighted by Crippen LogP contribution is 2.18. The molecule has 9 nitrogen and oxygen atoms in total. The summed E-state index contributed by atoms with van der Waals surface area (Å²) in [5.74, 6) is -1.81. The Kier molecular flexibility index (Phi) is 3.65. The normalized spacial score (nSPS) is 10.1. The lowest BCUT2D eigenvalue weighted by molar-refractivity contribution is -0.384. The van der Waals surface area contributed by atoms with E-state index in [-0.39, 0.29) is 22.8 Å². The van der Waals surface area contributed by atoms with Crippen LogP contribution in [-0.4, -0.2) is 32.1 Å². The maximum absolute atomic E-state index is 12.1. The van der Waals surface area contributed by atoms with Crippen molar-refractivity contribution in [2.75, 3.05) is 5.32 Å². The predicted molar refractivity (Wildman–Crippen MR) is 71.3 cm³/mol. The van der Waals surface area contributed by atoms with Crippen molar-refractivity contribution in [3.63, 3.8) is 0 Å². The number of hydrogen-bond acceptors (Lipinski definition) is 5. The van der Waals surface area contributed by atoms with Gasteiger partial charge in [0.05, 0.1) is 4.92 Å². The predicted octanol–water partition coefficient (Wildman–Crippen LogP) is 1.58. The highest BCUT2D eigenvalue weighted by Gasteiger charge is 2.16. The molecule has 1 heterocycles. The molecular formula is C12H10N4O5. The Balaban J connectivity index is 2.25. The highest BCUT2D eigenvalue weighted by molar-refractivity contribution is 6.05. The number of aryl methyl sites for hydroxylation is 1. The molecule has 21 heavy (non-hydrogen) atoms. The number of aromatic amines is 1. The molecule has 0 aliphatic carbocycles. The smallest absolute Gasteiger partial charge is 0.353 e. The number of benzene rings is 1. The number of amides is 1. The number of nitro groups is 1. The van der Waals surface area contributed by atoms with Crippen molar-refractivity contribution >= 4 is 23.4 Å². The zero-order valence-corrected chi connectivity index (χ0v) is 10.8. The molecule has 2 aromatic rings. The van der Waals surface area contributed by atoms with E-state index in [0.717, 1.165) is 12.1 Å². The van der Waals surface area contributed by atoms with Crippen LogP contribution < -0.4 is 5.32 Å². The van der Waals surface area contributed by atoms with Gasteiger partial charge in [-0.2, -0.15) is 5.10 Å². The third kappa shape index (κ3) is 3.03. The number of anilines is 1. The summed E-state index contributed by atoms with van der Waals surface area (Å²) in [6.07, 6.45) is 0. The molecule has 1 aromatic heterocycles. The number of H-pyrrole nitrogens is 1. The largest absolute Gasteiger partial charge is 0.477 e. The van der Waals surface area contributed by atoms with E-state index in [2.05, 4.69) is 15.5 Å². The van der Waals surface area contributed by atoms with Crippen LogP contribution in [0, 0.1) is 17.0 Å². The van der Waals surface area contributed by atoms with Crippen molar-refractivity contribution < 1.29 is 19.6 Å². The van der Waals surface area contributed by atoms with Crippen LogP contribution in [0.5, 0.6) is 0 Å². The van der Waals surface area contributed by atoms with Crippen LogP contribution in [0.3, 0.4) is 0 Å². The van der Waals surface area contributed by atoms with Crippen molar-refractivity contribution in [1.82, 2.24) is 10.2 Å². The first-order chi connectivity index (χ1) is 9.88. The Morgan fingerprint density at radius 3 is 2.67 bits per heavy atom. The molecule has 0 aliphatic rings. The number of nitro benzene ring substituents is 1. The molecule has 108 valence electrons. The number of hydrogen-bond donors (Lipinski definition) is 3. The van der Waals surface area contributed by atoms with Gasteiger partial charge < -0.3 is 10.4 Å². The summed E-state index contributed by atoms with van der Waals surface area (Å²) in [4.78, 5) is 32.8. The number of carbonyl (C=O) groups is 2. The van der Waals surface area contributed by atoms with E-state index < -0.39 is 16.8 Å². The van der Waals surface area contributed by atoms with Gasteiger partial charge in [0.2, 0.25) is 0 Å². The Morgan fingerprint density at radius 2 is 2.10 bits per heavy atom. The fraction of sp³-hybridized carbons (Fsp3) is 0.0833. The standard InChI is InChI=1S/C12H10N4O5/c1-6-2-3-7(16(20)21)4-8(6)11(17)13-10-5-9(12(18)19)14-15-10/h2-5H,1H3,(H,18,19)(H2,13,14,15,17). The topological polar surface area (TPSA) is 138 Å². The number of non-ortho nitro benzene ring substituents is 1. The van der Waals surface area contributed by atoms with Crippen molar-refractivity contribution in [3.8, 4) is 0 Å². The minimum Gasteiger partial charge on any atom is -0.477 e. The maximum atomic E-state index is 12.1. The average molecular weight is 290 g/mol. The van der Waals surface area contributed by atoms with Crippen molar-refractivity contribution in [1.29, 1.82) is 0 Å². The monoisotopic (exact) mass is 290 g/mol. The fourth-order valence-corrected chi connectivity index (χ4v) is 1.65. The Bertz CT molecular complexity index is 737. The van der Waals surface area contributed by atoms with Gasteiger partial charge in [0, 0.05) is 23.8 Å². The second kappa shape index (κ2) is 5.41. The van der Waals surface area contributed by atoms with Gasteiger partial charge in [0.15, 0.2) is 5.82 Å². The number of carboxylic acid groups (broad SMARTS) is 1. The van der Waals surface area contributed by atoms with Crippen molar-refractivity contribution in [3.05, 3.63) is 51.2 Å². The molecule has 0 bridgehead atoms. The van der Waals surface area contributed by atoms with E-state index in [0.29, 0.717) is 5.56 Å². The number of nitrogens with zero attached hydrogens (tertiary/aromatic N) is 2. The Hall–Kier alpha value is -3.23. The van der Waals surface area contributed by atoms with Crippen LogP contribution in [-0.2, 0) is 0 Å². The molecule has 0 spiro atoms.